The number of aromatic nitrogens is 1. The van der Waals surface area contributed by atoms with Crippen LogP contribution in [0.2, 0.25) is 0 Å². The second kappa shape index (κ2) is 7.30. The predicted molar refractivity (Wildman–Crippen MR) is 88.7 cm³/mol. The molecule has 1 atom stereocenters. The Balaban J connectivity index is 2.12. The number of hydrogen-bond acceptors (Lipinski definition) is 6. The molecule has 2 aromatic rings. The average molecular weight is 334 g/mol. The second-order valence-corrected chi connectivity index (χ2v) is 6.11. The van der Waals surface area contributed by atoms with Crippen molar-refractivity contribution in [1.82, 2.24) is 15.2 Å². The van der Waals surface area contributed by atoms with Gasteiger partial charge in [0.1, 0.15) is 6.20 Å². The van der Waals surface area contributed by atoms with Gasteiger partial charge in [-0.2, -0.15) is 11.3 Å². The van der Waals surface area contributed by atoms with Crippen LogP contribution in [0.4, 0.5) is 5.69 Å². The largest absolute Gasteiger partial charge is 0.350 e. The molecule has 0 aliphatic carbocycles. The lowest BCUT2D eigenvalue weighted by atomic mass is 10.1. The highest BCUT2D eigenvalue weighted by Crippen LogP contribution is 2.20. The number of pyridine rings is 1. The van der Waals surface area contributed by atoms with Gasteiger partial charge in [0.25, 0.3) is 11.6 Å². The maximum atomic E-state index is 12.3. The highest BCUT2D eigenvalue weighted by atomic mass is 32.1. The van der Waals surface area contributed by atoms with E-state index >= 15 is 0 Å². The van der Waals surface area contributed by atoms with Crippen LogP contribution in [0.5, 0.6) is 0 Å². The summed E-state index contributed by atoms with van der Waals surface area (Å²) in [6.07, 6.45) is 1.15. The summed E-state index contributed by atoms with van der Waals surface area (Å²) in [6, 6.07) is 3.31. The van der Waals surface area contributed by atoms with Crippen molar-refractivity contribution in [2.75, 3.05) is 20.6 Å². The molecular formula is C15H18N4O3S. The molecule has 1 amide bonds. The van der Waals surface area contributed by atoms with Crippen LogP contribution < -0.4 is 5.32 Å². The van der Waals surface area contributed by atoms with Crippen molar-refractivity contribution in [2.24, 2.45) is 0 Å². The summed E-state index contributed by atoms with van der Waals surface area (Å²) in [5.41, 5.74) is 1.61. The summed E-state index contributed by atoms with van der Waals surface area (Å²) in [6.45, 7) is 2.06. The van der Waals surface area contributed by atoms with E-state index < -0.39 is 4.92 Å². The SMILES string of the molecule is Cc1ncc([N+](=O)[O-])cc1C(=O)NC[C@@H](c1ccsc1)N(C)C. The predicted octanol–water partition coefficient (Wildman–Crippen LogP) is 2.39. The van der Waals surface area contributed by atoms with Crippen LogP contribution in [-0.2, 0) is 0 Å². The molecule has 122 valence electrons. The van der Waals surface area contributed by atoms with E-state index in [2.05, 4.69) is 10.3 Å². The minimum atomic E-state index is -0.558. The Morgan fingerprint density at radius 3 is 2.83 bits per heavy atom. The zero-order valence-electron chi connectivity index (χ0n) is 13.1. The Morgan fingerprint density at radius 2 is 2.26 bits per heavy atom. The van der Waals surface area contributed by atoms with Crippen molar-refractivity contribution in [3.63, 3.8) is 0 Å². The molecule has 0 radical (unpaired) electrons. The molecule has 2 heterocycles. The van der Waals surface area contributed by atoms with Crippen molar-refractivity contribution in [1.29, 1.82) is 0 Å². The van der Waals surface area contributed by atoms with Crippen molar-refractivity contribution in [2.45, 2.75) is 13.0 Å². The standard InChI is InChI=1S/C15H18N4O3S/c1-10-13(6-12(7-16-10)19(21)22)15(20)17-8-14(18(2)3)11-4-5-23-9-11/h4-7,9,14H,8H2,1-3H3,(H,17,20)/t14-/m0/s1. The fourth-order valence-corrected chi connectivity index (χ4v) is 2.91. The molecule has 1 N–H and O–H groups in total. The van der Waals surface area contributed by atoms with Crippen molar-refractivity contribution < 1.29 is 9.72 Å². The molecule has 0 saturated heterocycles. The molecule has 0 unspecified atom stereocenters. The summed E-state index contributed by atoms with van der Waals surface area (Å²) in [7, 11) is 3.88. The van der Waals surface area contributed by atoms with E-state index in [0.717, 1.165) is 11.8 Å². The van der Waals surface area contributed by atoms with Gasteiger partial charge in [0.15, 0.2) is 0 Å². The number of thiophene rings is 1. The normalized spacial score (nSPS) is 12.2. The van der Waals surface area contributed by atoms with Gasteiger partial charge in [0.2, 0.25) is 0 Å². The Morgan fingerprint density at radius 1 is 1.52 bits per heavy atom. The molecule has 0 aliphatic heterocycles. The fraction of sp³-hybridized carbons (Fsp3) is 0.333. The molecule has 0 bridgehead atoms. The lowest BCUT2D eigenvalue weighted by molar-refractivity contribution is -0.385. The third-order valence-corrected chi connectivity index (χ3v) is 4.24. The lowest BCUT2D eigenvalue weighted by Crippen LogP contribution is -2.34. The first kappa shape index (κ1) is 17.0. The van der Waals surface area contributed by atoms with Crippen LogP contribution in [0, 0.1) is 17.0 Å². The molecule has 0 spiro atoms. The quantitative estimate of drug-likeness (QED) is 0.647. The van der Waals surface area contributed by atoms with Crippen molar-refractivity contribution >= 4 is 22.9 Å². The van der Waals surface area contributed by atoms with E-state index in [1.165, 1.54) is 6.07 Å². The number of rotatable bonds is 6. The Bertz CT molecular complexity index is 701. The monoisotopic (exact) mass is 334 g/mol. The van der Waals surface area contributed by atoms with E-state index in [1.54, 1.807) is 18.3 Å². The Kier molecular flexibility index (Phi) is 5.41. The Hall–Kier alpha value is -2.32. The first-order chi connectivity index (χ1) is 10.9. The summed E-state index contributed by atoms with van der Waals surface area (Å²) in [5, 5.41) is 17.7. The molecule has 7 nitrogen and oxygen atoms in total. The number of nitrogens with zero attached hydrogens (tertiary/aromatic N) is 3. The maximum absolute atomic E-state index is 12.3. The third-order valence-electron chi connectivity index (χ3n) is 3.54. The van der Waals surface area contributed by atoms with Gasteiger partial charge in [-0.25, -0.2) is 0 Å². The van der Waals surface area contributed by atoms with Crippen LogP contribution in [-0.4, -0.2) is 41.4 Å². The highest BCUT2D eigenvalue weighted by Gasteiger charge is 2.19. The minimum absolute atomic E-state index is 0.0390. The molecule has 0 aliphatic rings. The van der Waals surface area contributed by atoms with Gasteiger partial charge < -0.3 is 10.2 Å². The number of amides is 1. The first-order valence-electron chi connectivity index (χ1n) is 6.98. The van der Waals surface area contributed by atoms with E-state index in [9.17, 15) is 14.9 Å². The zero-order valence-corrected chi connectivity index (χ0v) is 14.0. The smallest absolute Gasteiger partial charge is 0.288 e. The molecule has 2 rings (SSSR count). The van der Waals surface area contributed by atoms with E-state index in [-0.39, 0.29) is 23.2 Å². The topological polar surface area (TPSA) is 88.4 Å². The van der Waals surface area contributed by atoms with E-state index in [0.29, 0.717) is 12.2 Å². The number of carbonyl (C=O) groups excluding carboxylic acids is 1. The van der Waals surface area contributed by atoms with Crippen LogP contribution in [0.3, 0.4) is 0 Å². The zero-order chi connectivity index (χ0) is 17.0. The maximum Gasteiger partial charge on any atom is 0.288 e. The van der Waals surface area contributed by atoms with E-state index in [4.69, 9.17) is 0 Å². The summed E-state index contributed by atoms with van der Waals surface area (Å²) >= 11 is 1.60. The van der Waals surface area contributed by atoms with Gasteiger partial charge in [-0.15, -0.1) is 0 Å². The molecule has 23 heavy (non-hydrogen) atoms. The summed E-state index contributed by atoms with van der Waals surface area (Å²) in [4.78, 5) is 28.6. The second-order valence-electron chi connectivity index (χ2n) is 5.33. The van der Waals surface area contributed by atoms with Gasteiger partial charge in [-0.1, -0.05) is 0 Å². The molecule has 0 fully saturated rings. The minimum Gasteiger partial charge on any atom is -0.350 e. The van der Waals surface area contributed by atoms with Gasteiger partial charge >= 0.3 is 0 Å². The van der Waals surface area contributed by atoms with Gasteiger partial charge in [0.05, 0.1) is 22.2 Å². The molecule has 0 aromatic carbocycles. The molecular weight excluding hydrogens is 316 g/mol. The number of aryl methyl sites for hydroxylation is 1. The van der Waals surface area contributed by atoms with Crippen LogP contribution in [0.25, 0.3) is 0 Å². The highest BCUT2D eigenvalue weighted by molar-refractivity contribution is 7.07. The van der Waals surface area contributed by atoms with Crippen molar-refractivity contribution in [3.05, 3.63) is 56.0 Å². The first-order valence-corrected chi connectivity index (χ1v) is 7.92. The van der Waals surface area contributed by atoms with Crippen LogP contribution >= 0.6 is 11.3 Å². The molecule has 0 saturated carbocycles. The molecule has 8 heteroatoms. The number of hydrogen-bond donors (Lipinski definition) is 1. The van der Waals surface area contributed by atoms with Gasteiger partial charge in [0, 0.05) is 12.6 Å². The third kappa shape index (κ3) is 4.11. The average Bonchev–Trinajstić information content (AvgIpc) is 3.01. The van der Waals surface area contributed by atoms with E-state index in [1.807, 2.05) is 35.8 Å². The van der Waals surface area contributed by atoms with Gasteiger partial charge in [-0.3, -0.25) is 19.9 Å². The summed E-state index contributed by atoms with van der Waals surface area (Å²) < 4.78 is 0. The number of likely N-dealkylation sites (N-methyl/N-ethyl adjacent to an activating group) is 1. The number of nitro groups is 1. The number of carbonyl (C=O) groups is 1. The number of nitrogens with one attached hydrogen (secondary N) is 1. The van der Waals surface area contributed by atoms with Crippen LogP contribution in [0.15, 0.2) is 29.1 Å². The van der Waals surface area contributed by atoms with Crippen LogP contribution in [0.1, 0.15) is 27.7 Å². The fourth-order valence-electron chi connectivity index (χ4n) is 2.20. The lowest BCUT2D eigenvalue weighted by Gasteiger charge is -2.24. The summed E-state index contributed by atoms with van der Waals surface area (Å²) in [5.74, 6) is -0.360. The Labute approximate surface area is 138 Å². The van der Waals surface area contributed by atoms with Gasteiger partial charge in [-0.05, 0) is 43.4 Å². The molecule has 2 aromatic heterocycles. The van der Waals surface area contributed by atoms with Crippen molar-refractivity contribution in [3.8, 4) is 0 Å².